The van der Waals surface area contributed by atoms with Crippen molar-refractivity contribution in [3.8, 4) is 5.75 Å². The van der Waals surface area contributed by atoms with Crippen molar-refractivity contribution in [3.05, 3.63) is 65.7 Å². The fourth-order valence-corrected chi connectivity index (χ4v) is 2.07. The van der Waals surface area contributed by atoms with Gasteiger partial charge in [-0.2, -0.15) is 5.10 Å². The van der Waals surface area contributed by atoms with Crippen LogP contribution in [0.5, 0.6) is 5.75 Å². The van der Waals surface area contributed by atoms with Gasteiger partial charge in [0.15, 0.2) is 0 Å². The van der Waals surface area contributed by atoms with Crippen LogP contribution in [-0.4, -0.2) is 25.1 Å². The Kier molecular flexibility index (Phi) is 6.08. The highest BCUT2D eigenvalue weighted by Crippen LogP contribution is 2.14. The standard InChI is InChI=1S/C18H19N3O3/c1-13(14-8-4-3-5-9-14)20-17(22)18(23)21-19-12-15-10-6-7-11-16(15)24-2/h3-13H,1-2H3,(H,20,22)(H,21,23)/b19-12-/t13-/m1/s1. The zero-order valence-corrected chi connectivity index (χ0v) is 13.5. The number of para-hydroxylation sites is 1. The van der Waals surface area contributed by atoms with Crippen LogP contribution >= 0.6 is 0 Å². The summed E-state index contributed by atoms with van der Waals surface area (Å²) in [6, 6.07) is 16.3. The molecule has 0 aromatic heterocycles. The summed E-state index contributed by atoms with van der Waals surface area (Å²) < 4.78 is 5.17. The molecule has 0 aliphatic rings. The summed E-state index contributed by atoms with van der Waals surface area (Å²) >= 11 is 0. The quantitative estimate of drug-likeness (QED) is 0.501. The van der Waals surface area contributed by atoms with Crippen molar-refractivity contribution in [2.24, 2.45) is 5.10 Å². The topological polar surface area (TPSA) is 79.8 Å². The number of hydrogen-bond donors (Lipinski definition) is 2. The second-order valence-electron chi connectivity index (χ2n) is 5.05. The third kappa shape index (κ3) is 4.67. The van der Waals surface area contributed by atoms with E-state index in [-0.39, 0.29) is 6.04 Å². The van der Waals surface area contributed by atoms with Crippen LogP contribution in [0.1, 0.15) is 24.1 Å². The second kappa shape index (κ2) is 8.47. The number of hydrogen-bond acceptors (Lipinski definition) is 4. The number of hydrazone groups is 1. The van der Waals surface area contributed by atoms with Crippen LogP contribution in [0.2, 0.25) is 0 Å². The van der Waals surface area contributed by atoms with E-state index in [2.05, 4.69) is 15.8 Å². The smallest absolute Gasteiger partial charge is 0.329 e. The van der Waals surface area contributed by atoms with E-state index in [9.17, 15) is 9.59 Å². The molecule has 6 nitrogen and oxygen atoms in total. The summed E-state index contributed by atoms with van der Waals surface area (Å²) in [6.07, 6.45) is 1.42. The summed E-state index contributed by atoms with van der Waals surface area (Å²) in [4.78, 5) is 23.7. The Balaban J connectivity index is 1.90. The summed E-state index contributed by atoms with van der Waals surface area (Å²) in [6.45, 7) is 1.80. The van der Waals surface area contributed by atoms with E-state index in [4.69, 9.17) is 4.74 Å². The van der Waals surface area contributed by atoms with Gasteiger partial charge in [-0.3, -0.25) is 9.59 Å². The van der Waals surface area contributed by atoms with Crippen molar-refractivity contribution in [2.75, 3.05) is 7.11 Å². The molecule has 2 N–H and O–H groups in total. The molecule has 6 heteroatoms. The molecule has 0 fully saturated rings. The molecule has 2 rings (SSSR count). The van der Waals surface area contributed by atoms with E-state index in [0.29, 0.717) is 11.3 Å². The van der Waals surface area contributed by atoms with Gasteiger partial charge in [-0.15, -0.1) is 0 Å². The Bertz CT molecular complexity index is 729. The lowest BCUT2D eigenvalue weighted by Gasteiger charge is -2.13. The minimum absolute atomic E-state index is 0.275. The largest absolute Gasteiger partial charge is 0.496 e. The second-order valence-corrected chi connectivity index (χ2v) is 5.05. The fraction of sp³-hybridized carbons (Fsp3) is 0.167. The summed E-state index contributed by atoms with van der Waals surface area (Å²) in [5.41, 5.74) is 3.81. The molecule has 2 amide bonds. The van der Waals surface area contributed by atoms with Crippen LogP contribution in [0.3, 0.4) is 0 Å². The van der Waals surface area contributed by atoms with Gasteiger partial charge in [-0.25, -0.2) is 5.43 Å². The molecule has 0 unspecified atom stereocenters. The van der Waals surface area contributed by atoms with Crippen LogP contribution in [0.25, 0.3) is 0 Å². The monoisotopic (exact) mass is 325 g/mol. The number of methoxy groups -OCH3 is 1. The maximum atomic E-state index is 11.9. The molecule has 24 heavy (non-hydrogen) atoms. The third-order valence-electron chi connectivity index (χ3n) is 3.36. The van der Waals surface area contributed by atoms with Gasteiger partial charge in [0.2, 0.25) is 0 Å². The molecule has 0 heterocycles. The molecule has 1 atom stereocenters. The van der Waals surface area contributed by atoms with Crippen molar-refractivity contribution < 1.29 is 14.3 Å². The Morgan fingerprint density at radius 2 is 1.71 bits per heavy atom. The molecule has 2 aromatic rings. The Labute approximate surface area is 140 Å². The lowest BCUT2D eigenvalue weighted by Crippen LogP contribution is -2.39. The molecule has 0 aliphatic carbocycles. The van der Waals surface area contributed by atoms with Crippen molar-refractivity contribution in [3.63, 3.8) is 0 Å². The molecule has 0 bridgehead atoms. The lowest BCUT2D eigenvalue weighted by molar-refractivity contribution is -0.139. The van der Waals surface area contributed by atoms with E-state index < -0.39 is 11.8 Å². The first-order chi connectivity index (χ1) is 11.6. The van der Waals surface area contributed by atoms with E-state index in [0.717, 1.165) is 5.56 Å². The third-order valence-corrected chi connectivity index (χ3v) is 3.36. The van der Waals surface area contributed by atoms with Gasteiger partial charge >= 0.3 is 11.8 Å². The van der Waals surface area contributed by atoms with E-state index in [1.807, 2.05) is 42.5 Å². The molecular weight excluding hydrogens is 306 g/mol. The number of nitrogens with one attached hydrogen (secondary N) is 2. The highest BCUT2D eigenvalue weighted by molar-refractivity contribution is 6.35. The highest BCUT2D eigenvalue weighted by atomic mass is 16.5. The summed E-state index contributed by atoms with van der Waals surface area (Å²) in [7, 11) is 1.55. The number of ether oxygens (including phenoxy) is 1. The van der Waals surface area contributed by atoms with Gasteiger partial charge in [0, 0.05) is 5.56 Å². The SMILES string of the molecule is COc1ccccc1/C=N\NC(=O)C(=O)N[C@H](C)c1ccccc1. The number of carbonyl (C=O) groups excluding carboxylic acids is 2. The van der Waals surface area contributed by atoms with E-state index in [1.54, 1.807) is 26.2 Å². The van der Waals surface area contributed by atoms with Gasteiger partial charge in [0.1, 0.15) is 5.75 Å². The van der Waals surface area contributed by atoms with Crippen molar-refractivity contribution in [1.82, 2.24) is 10.7 Å². The molecule has 0 radical (unpaired) electrons. The zero-order valence-electron chi connectivity index (χ0n) is 13.5. The van der Waals surface area contributed by atoms with Crippen LogP contribution in [0, 0.1) is 0 Å². The van der Waals surface area contributed by atoms with Crippen molar-refractivity contribution in [1.29, 1.82) is 0 Å². The van der Waals surface area contributed by atoms with Crippen LogP contribution in [-0.2, 0) is 9.59 Å². The maximum absolute atomic E-state index is 11.9. The minimum atomic E-state index is -0.830. The number of benzene rings is 2. The van der Waals surface area contributed by atoms with Gasteiger partial charge in [-0.1, -0.05) is 42.5 Å². The summed E-state index contributed by atoms with van der Waals surface area (Å²) in [5.74, 6) is -0.954. The molecule has 2 aromatic carbocycles. The number of nitrogens with zero attached hydrogens (tertiary/aromatic N) is 1. The lowest BCUT2D eigenvalue weighted by atomic mass is 10.1. The molecule has 0 saturated carbocycles. The van der Waals surface area contributed by atoms with E-state index >= 15 is 0 Å². The number of carbonyl (C=O) groups is 2. The van der Waals surface area contributed by atoms with Crippen LogP contribution in [0.4, 0.5) is 0 Å². The van der Waals surface area contributed by atoms with Crippen LogP contribution < -0.4 is 15.5 Å². The predicted molar refractivity (Wildman–Crippen MR) is 91.7 cm³/mol. The van der Waals surface area contributed by atoms with Crippen molar-refractivity contribution in [2.45, 2.75) is 13.0 Å². The first-order valence-corrected chi connectivity index (χ1v) is 7.43. The normalized spacial score (nSPS) is 11.8. The number of rotatable bonds is 5. The molecule has 0 saturated heterocycles. The molecule has 0 spiro atoms. The first-order valence-electron chi connectivity index (χ1n) is 7.43. The predicted octanol–water partition coefficient (Wildman–Crippen LogP) is 2.02. The highest BCUT2D eigenvalue weighted by Gasteiger charge is 2.16. The maximum Gasteiger partial charge on any atom is 0.329 e. The van der Waals surface area contributed by atoms with Crippen molar-refractivity contribution >= 4 is 18.0 Å². The van der Waals surface area contributed by atoms with Gasteiger partial charge in [-0.05, 0) is 24.6 Å². The van der Waals surface area contributed by atoms with Crippen LogP contribution in [0.15, 0.2) is 59.7 Å². The van der Waals surface area contributed by atoms with E-state index in [1.165, 1.54) is 6.21 Å². The summed E-state index contributed by atoms with van der Waals surface area (Å²) in [5, 5.41) is 6.40. The molecule has 124 valence electrons. The molecular formula is C18H19N3O3. The Hall–Kier alpha value is -3.15. The van der Waals surface area contributed by atoms with Gasteiger partial charge in [0.05, 0.1) is 19.4 Å². The fourth-order valence-electron chi connectivity index (χ4n) is 2.07. The van der Waals surface area contributed by atoms with Gasteiger partial charge < -0.3 is 10.1 Å². The average molecular weight is 325 g/mol. The number of amides is 2. The average Bonchev–Trinajstić information content (AvgIpc) is 2.62. The minimum Gasteiger partial charge on any atom is -0.496 e. The Morgan fingerprint density at radius 1 is 1.04 bits per heavy atom. The van der Waals surface area contributed by atoms with Gasteiger partial charge in [0.25, 0.3) is 0 Å². The first kappa shape index (κ1) is 17.2. The molecule has 0 aliphatic heterocycles. The zero-order chi connectivity index (χ0) is 17.4. The Morgan fingerprint density at radius 3 is 2.42 bits per heavy atom.